The first-order valence-electron chi connectivity index (χ1n) is 4.02. The van der Waals surface area contributed by atoms with Crippen LogP contribution in [-0.4, -0.2) is 19.0 Å². The number of benzene rings is 1. The molecular formula is C10H12N2O. The maximum Gasteiger partial charge on any atom is 0.159 e. The highest BCUT2D eigenvalue weighted by Crippen LogP contribution is 2.15. The molecule has 0 fully saturated rings. The quantitative estimate of drug-likeness (QED) is 0.546. The number of nitrogens with one attached hydrogen (secondary N) is 2. The number of carbonyl (C=O) groups excluding carboxylic acids is 1. The van der Waals surface area contributed by atoms with E-state index in [1.54, 1.807) is 25.2 Å². The molecule has 0 heterocycles. The summed E-state index contributed by atoms with van der Waals surface area (Å²) in [5.74, 6) is 0.0192. The van der Waals surface area contributed by atoms with Gasteiger partial charge in [-0.25, -0.2) is 0 Å². The lowest BCUT2D eigenvalue weighted by molar-refractivity contribution is 0.101. The van der Waals surface area contributed by atoms with Gasteiger partial charge in [0.2, 0.25) is 0 Å². The molecule has 68 valence electrons. The Bertz CT molecular complexity index is 345. The third-order valence-electron chi connectivity index (χ3n) is 1.88. The zero-order chi connectivity index (χ0) is 9.84. The summed E-state index contributed by atoms with van der Waals surface area (Å²) in [6.45, 7) is 1.52. The van der Waals surface area contributed by atoms with E-state index in [0.717, 1.165) is 11.3 Å². The van der Waals surface area contributed by atoms with Crippen molar-refractivity contribution in [2.45, 2.75) is 6.92 Å². The second-order valence-corrected chi connectivity index (χ2v) is 2.75. The summed E-state index contributed by atoms with van der Waals surface area (Å²) in [4.78, 5) is 11.0. The summed E-state index contributed by atoms with van der Waals surface area (Å²) in [6, 6.07) is 5.26. The molecule has 0 aliphatic rings. The SMILES string of the molecule is CNc1ccc(C(C)=O)cc1C=N. The molecule has 0 saturated carbocycles. The van der Waals surface area contributed by atoms with Crippen molar-refractivity contribution in [2.75, 3.05) is 12.4 Å². The number of hydrogen-bond acceptors (Lipinski definition) is 3. The molecule has 0 spiro atoms. The molecule has 0 aliphatic heterocycles. The Labute approximate surface area is 77.3 Å². The fraction of sp³-hybridized carbons (Fsp3) is 0.200. The van der Waals surface area contributed by atoms with Gasteiger partial charge in [0.25, 0.3) is 0 Å². The standard InChI is InChI=1S/C10H12N2O/c1-7(13)8-3-4-10(12-2)9(5-8)6-11/h3-6,11-12H,1-2H3. The molecule has 1 aromatic carbocycles. The molecule has 13 heavy (non-hydrogen) atoms. The first-order valence-corrected chi connectivity index (χ1v) is 4.02. The minimum absolute atomic E-state index is 0.0192. The molecule has 0 amide bonds. The van der Waals surface area contributed by atoms with Crippen molar-refractivity contribution in [3.8, 4) is 0 Å². The first-order chi connectivity index (χ1) is 6.19. The minimum atomic E-state index is 0.0192. The van der Waals surface area contributed by atoms with Crippen molar-refractivity contribution >= 4 is 17.7 Å². The van der Waals surface area contributed by atoms with E-state index in [1.807, 2.05) is 0 Å². The predicted octanol–water partition coefficient (Wildman–Crippen LogP) is 1.93. The summed E-state index contributed by atoms with van der Waals surface area (Å²) in [7, 11) is 1.79. The van der Waals surface area contributed by atoms with Crippen molar-refractivity contribution in [3.63, 3.8) is 0 Å². The molecule has 0 unspecified atom stereocenters. The van der Waals surface area contributed by atoms with Crippen molar-refractivity contribution in [2.24, 2.45) is 0 Å². The molecule has 0 radical (unpaired) electrons. The van der Waals surface area contributed by atoms with E-state index in [4.69, 9.17) is 5.41 Å². The van der Waals surface area contributed by atoms with Crippen LogP contribution in [0.25, 0.3) is 0 Å². The molecule has 1 aromatic rings. The van der Waals surface area contributed by atoms with Crippen molar-refractivity contribution < 1.29 is 4.79 Å². The second kappa shape index (κ2) is 3.85. The van der Waals surface area contributed by atoms with Gasteiger partial charge in [0, 0.05) is 30.1 Å². The Morgan fingerprint density at radius 2 is 2.23 bits per heavy atom. The fourth-order valence-corrected chi connectivity index (χ4v) is 1.13. The molecule has 3 heteroatoms. The van der Waals surface area contributed by atoms with Crippen LogP contribution in [0.2, 0.25) is 0 Å². The number of Topliss-reactive ketones (excluding diaryl/α,β-unsaturated/α-hetero) is 1. The van der Waals surface area contributed by atoms with E-state index >= 15 is 0 Å². The summed E-state index contributed by atoms with van der Waals surface area (Å²) < 4.78 is 0. The van der Waals surface area contributed by atoms with Crippen LogP contribution in [0, 0.1) is 5.41 Å². The molecule has 0 aromatic heterocycles. The maximum atomic E-state index is 11.0. The Balaban J connectivity index is 3.20. The van der Waals surface area contributed by atoms with Crippen LogP contribution in [0.15, 0.2) is 18.2 Å². The van der Waals surface area contributed by atoms with E-state index in [9.17, 15) is 4.79 Å². The highest BCUT2D eigenvalue weighted by atomic mass is 16.1. The Kier molecular flexibility index (Phi) is 2.80. The average molecular weight is 176 g/mol. The predicted molar refractivity (Wildman–Crippen MR) is 53.9 cm³/mol. The zero-order valence-corrected chi connectivity index (χ0v) is 7.72. The third kappa shape index (κ3) is 1.93. The van der Waals surface area contributed by atoms with E-state index < -0.39 is 0 Å². The summed E-state index contributed by atoms with van der Waals surface area (Å²) in [6.07, 6.45) is 1.23. The van der Waals surface area contributed by atoms with Crippen LogP contribution in [0.4, 0.5) is 5.69 Å². The van der Waals surface area contributed by atoms with Crippen LogP contribution in [0.1, 0.15) is 22.8 Å². The van der Waals surface area contributed by atoms with Gasteiger partial charge in [0.15, 0.2) is 5.78 Å². The van der Waals surface area contributed by atoms with Crippen LogP contribution in [-0.2, 0) is 0 Å². The maximum absolute atomic E-state index is 11.0. The van der Waals surface area contributed by atoms with Gasteiger partial charge < -0.3 is 10.7 Å². The minimum Gasteiger partial charge on any atom is -0.388 e. The van der Waals surface area contributed by atoms with Gasteiger partial charge in [0.1, 0.15) is 0 Å². The molecule has 1 rings (SSSR count). The summed E-state index contributed by atoms with van der Waals surface area (Å²) in [5, 5.41) is 10.1. The van der Waals surface area contributed by atoms with E-state index in [-0.39, 0.29) is 5.78 Å². The topological polar surface area (TPSA) is 53.0 Å². The first kappa shape index (κ1) is 9.45. The lowest BCUT2D eigenvalue weighted by Gasteiger charge is -2.05. The molecule has 0 aliphatic carbocycles. The molecule has 0 atom stereocenters. The highest BCUT2D eigenvalue weighted by Gasteiger charge is 2.02. The van der Waals surface area contributed by atoms with Gasteiger partial charge in [-0.15, -0.1) is 0 Å². The van der Waals surface area contributed by atoms with Crippen LogP contribution < -0.4 is 5.32 Å². The molecule has 3 nitrogen and oxygen atoms in total. The van der Waals surface area contributed by atoms with Crippen molar-refractivity contribution in [1.82, 2.24) is 0 Å². The third-order valence-corrected chi connectivity index (χ3v) is 1.88. The van der Waals surface area contributed by atoms with Gasteiger partial charge in [0.05, 0.1) is 0 Å². The van der Waals surface area contributed by atoms with E-state index in [2.05, 4.69) is 5.32 Å². The smallest absolute Gasteiger partial charge is 0.159 e. The molecule has 0 saturated heterocycles. The Hall–Kier alpha value is -1.64. The summed E-state index contributed by atoms with van der Waals surface area (Å²) >= 11 is 0. The summed E-state index contributed by atoms with van der Waals surface area (Å²) in [5.41, 5.74) is 2.23. The lowest BCUT2D eigenvalue weighted by Crippen LogP contribution is -1.98. The average Bonchev–Trinajstić information content (AvgIpc) is 2.16. The fourth-order valence-electron chi connectivity index (χ4n) is 1.13. The number of ketones is 1. The molecule has 0 bridgehead atoms. The second-order valence-electron chi connectivity index (χ2n) is 2.75. The van der Waals surface area contributed by atoms with Crippen LogP contribution in [0.3, 0.4) is 0 Å². The Morgan fingerprint density at radius 1 is 1.54 bits per heavy atom. The highest BCUT2D eigenvalue weighted by molar-refractivity contribution is 5.97. The number of hydrogen-bond donors (Lipinski definition) is 2. The van der Waals surface area contributed by atoms with Crippen LogP contribution >= 0.6 is 0 Å². The van der Waals surface area contributed by atoms with Gasteiger partial charge in [-0.2, -0.15) is 0 Å². The lowest BCUT2D eigenvalue weighted by atomic mass is 10.1. The van der Waals surface area contributed by atoms with E-state index in [1.165, 1.54) is 13.1 Å². The van der Waals surface area contributed by atoms with Crippen molar-refractivity contribution in [1.29, 1.82) is 5.41 Å². The largest absolute Gasteiger partial charge is 0.388 e. The normalized spacial score (nSPS) is 9.38. The van der Waals surface area contributed by atoms with Gasteiger partial charge >= 0.3 is 0 Å². The van der Waals surface area contributed by atoms with Crippen LogP contribution in [0.5, 0.6) is 0 Å². The molecule has 2 N–H and O–H groups in total. The number of carbonyl (C=O) groups is 1. The monoisotopic (exact) mass is 176 g/mol. The van der Waals surface area contributed by atoms with Crippen molar-refractivity contribution in [3.05, 3.63) is 29.3 Å². The molecular weight excluding hydrogens is 164 g/mol. The van der Waals surface area contributed by atoms with Gasteiger partial charge in [-0.3, -0.25) is 4.79 Å². The number of rotatable bonds is 3. The zero-order valence-electron chi connectivity index (χ0n) is 7.72. The van der Waals surface area contributed by atoms with E-state index in [0.29, 0.717) is 5.56 Å². The van der Waals surface area contributed by atoms with Gasteiger partial charge in [-0.1, -0.05) is 0 Å². The Morgan fingerprint density at radius 3 is 2.69 bits per heavy atom. The van der Waals surface area contributed by atoms with Gasteiger partial charge in [-0.05, 0) is 25.1 Å². The number of anilines is 1.